The molecule has 0 radical (unpaired) electrons. The van der Waals surface area contributed by atoms with Gasteiger partial charge in [-0.1, -0.05) is 19.9 Å². The minimum Gasteiger partial charge on any atom is -0.347 e. The smallest absolute Gasteiger partial charge is 0.223 e. The molecule has 1 aromatic carbocycles. The van der Waals surface area contributed by atoms with E-state index in [-0.39, 0.29) is 22.6 Å². The van der Waals surface area contributed by atoms with Crippen LogP contribution in [0.2, 0.25) is 0 Å². The van der Waals surface area contributed by atoms with Crippen molar-refractivity contribution in [2.75, 3.05) is 5.32 Å². The van der Waals surface area contributed by atoms with Crippen molar-refractivity contribution in [3.05, 3.63) is 77.3 Å². The van der Waals surface area contributed by atoms with Gasteiger partial charge in [-0.05, 0) is 54.0 Å². The lowest BCUT2D eigenvalue weighted by molar-refractivity contribution is 0.243. The van der Waals surface area contributed by atoms with E-state index in [2.05, 4.69) is 49.5 Å². The fourth-order valence-electron chi connectivity index (χ4n) is 5.92. The van der Waals surface area contributed by atoms with Gasteiger partial charge in [0.1, 0.15) is 23.8 Å². The van der Waals surface area contributed by atoms with Crippen LogP contribution in [0.5, 0.6) is 0 Å². The van der Waals surface area contributed by atoms with E-state index in [9.17, 15) is 8.78 Å². The Hall–Kier alpha value is -3.82. The standard InChI is InChI=1S/C24H22F2N8/c1-23(2)14-6-8-24(23,18-7-9-27-22(31-18)28-11-19-29-12-30-33-19)21-13(14)10-17(32-34-21)20-15(25)4-3-5-16(20)26/h3-5,7,9-10,12,14H,6,8,11H2,1-2H3,(H,27,28,31)(H,29,30,33)/t14-,24+/m0/s1. The van der Waals surface area contributed by atoms with Gasteiger partial charge in [-0.2, -0.15) is 10.2 Å². The number of nitrogens with one attached hydrogen (secondary N) is 2. The number of aromatic nitrogens is 7. The van der Waals surface area contributed by atoms with Crippen LogP contribution in [0.15, 0.2) is 42.9 Å². The summed E-state index contributed by atoms with van der Waals surface area (Å²) in [6.07, 6.45) is 4.97. The Bertz CT molecular complexity index is 1370. The second kappa shape index (κ2) is 7.34. The van der Waals surface area contributed by atoms with Gasteiger partial charge in [-0.25, -0.2) is 23.7 Å². The monoisotopic (exact) mass is 460 g/mol. The number of nitrogens with zero attached hydrogens (tertiary/aromatic N) is 6. The highest BCUT2D eigenvalue weighted by molar-refractivity contribution is 5.64. The highest BCUT2D eigenvalue weighted by Crippen LogP contribution is 2.69. The van der Waals surface area contributed by atoms with Crippen LogP contribution in [0.25, 0.3) is 11.3 Å². The first-order valence-corrected chi connectivity index (χ1v) is 11.2. The largest absolute Gasteiger partial charge is 0.347 e. The van der Waals surface area contributed by atoms with Gasteiger partial charge in [0.05, 0.1) is 34.6 Å². The summed E-state index contributed by atoms with van der Waals surface area (Å²) in [5.74, 6) is 0.0360. The Labute approximate surface area is 194 Å². The minimum absolute atomic E-state index is 0.145. The Morgan fingerprint density at radius 3 is 2.71 bits per heavy atom. The molecule has 0 aliphatic heterocycles. The number of H-pyrrole nitrogens is 1. The van der Waals surface area contributed by atoms with Gasteiger partial charge in [0, 0.05) is 6.20 Å². The number of benzene rings is 1. The maximum Gasteiger partial charge on any atom is 0.223 e. The SMILES string of the molecule is CC1(C)[C@H]2CC[C@@]1(c1ccnc(NCc3ncn[nH]3)n1)c1nnc(-c3c(F)cccc3F)cc12. The number of halogens is 2. The second-order valence-electron chi connectivity index (χ2n) is 9.40. The van der Waals surface area contributed by atoms with Crippen LogP contribution in [-0.2, 0) is 12.0 Å². The average Bonchev–Trinajstić information content (AvgIpc) is 3.49. The second-order valence-corrected chi connectivity index (χ2v) is 9.40. The van der Waals surface area contributed by atoms with E-state index in [0.29, 0.717) is 18.3 Å². The molecule has 2 aliphatic carbocycles. The van der Waals surface area contributed by atoms with Crippen molar-refractivity contribution in [3.63, 3.8) is 0 Å². The number of hydrogen-bond donors (Lipinski definition) is 2. The predicted octanol–water partition coefficient (Wildman–Crippen LogP) is 4.15. The van der Waals surface area contributed by atoms with Gasteiger partial charge < -0.3 is 5.32 Å². The van der Waals surface area contributed by atoms with Crippen LogP contribution in [0, 0.1) is 17.0 Å². The molecule has 4 aromatic rings. The molecule has 1 saturated carbocycles. The van der Waals surface area contributed by atoms with Crippen molar-refractivity contribution < 1.29 is 8.78 Å². The van der Waals surface area contributed by atoms with Crippen molar-refractivity contribution in [2.45, 2.75) is 44.6 Å². The summed E-state index contributed by atoms with van der Waals surface area (Å²) < 4.78 is 28.9. The number of rotatable bonds is 5. The fourth-order valence-corrected chi connectivity index (χ4v) is 5.92. The van der Waals surface area contributed by atoms with E-state index in [1.807, 2.05) is 6.07 Å². The van der Waals surface area contributed by atoms with E-state index < -0.39 is 17.0 Å². The Morgan fingerprint density at radius 2 is 1.94 bits per heavy atom. The predicted molar refractivity (Wildman–Crippen MR) is 120 cm³/mol. The summed E-state index contributed by atoms with van der Waals surface area (Å²) in [5, 5.41) is 18.7. The molecule has 0 unspecified atom stereocenters. The molecule has 2 atom stereocenters. The van der Waals surface area contributed by atoms with Crippen molar-refractivity contribution in [3.8, 4) is 11.3 Å². The zero-order valence-electron chi connectivity index (χ0n) is 18.7. The van der Waals surface area contributed by atoms with Crippen molar-refractivity contribution in [2.24, 2.45) is 5.41 Å². The van der Waals surface area contributed by atoms with Crippen LogP contribution >= 0.6 is 0 Å². The maximum atomic E-state index is 14.4. The maximum absolute atomic E-state index is 14.4. The number of anilines is 1. The molecule has 10 heteroatoms. The lowest BCUT2D eigenvalue weighted by Gasteiger charge is -2.37. The molecule has 0 spiro atoms. The minimum atomic E-state index is -0.648. The molecule has 2 bridgehead atoms. The third kappa shape index (κ3) is 2.80. The third-order valence-electron chi connectivity index (χ3n) is 7.57. The fraction of sp³-hybridized carbons (Fsp3) is 0.333. The number of aromatic amines is 1. The number of hydrogen-bond acceptors (Lipinski definition) is 7. The average molecular weight is 460 g/mol. The summed E-state index contributed by atoms with van der Waals surface area (Å²) >= 11 is 0. The molecule has 0 amide bonds. The summed E-state index contributed by atoms with van der Waals surface area (Å²) in [6.45, 7) is 4.83. The van der Waals surface area contributed by atoms with Crippen LogP contribution < -0.4 is 5.32 Å². The van der Waals surface area contributed by atoms with Gasteiger partial charge in [-0.3, -0.25) is 5.10 Å². The Balaban J connectivity index is 1.43. The van der Waals surface area contributed by atoms with Crippen molar-refractivity contribution in [1.82, 2.24) is 35.3 Å². The van der Waals surface area contributed by atoms with Gasteiger partial charge in [0.25, 0.3) is 0 Å². The molecule has 3 heterocycles. The molecule has 6 rings (SSSR count). The highest BCUT2D eigenvalue weighted by Gasteiger charge is 2.65. The molecule has 3 aromatic heterocycles. The normalized spacial score (nSPS) is 22.1. The Morgan fingerprint density at radius 1 is 1.12 bits per heavy atom. The summed E-state index contributed by atoms with van der Waals surface area (Å²) in [6, 6.07) is 7.54. The number of fused-ring (bicyclic) bond motifs is 5. The van der Waals surface area contributed by atoms with Gasteiger partial charge in [0.2, 0.25) is 5.95 Å². The lowest BCUT2D eigenvalue weighted by Crippen LogP contribution is -2.38. The Kier molecular flexibility index (Phi) is 4.48. The molecular formula is C24H22F2N8. The van der Waals surface area contributed by atoms with E-state index in [0.717, 1.165) is 29.8 Å². The first-order valence-electron chi connectivity index (χ1n) is 11.2. The highest BCUT2D eigenvalue weighted by atomic mass is 19.1. The third-order valence-corrected chi connectivity index (χ3v) is 7.57. The molecule has 2 aliphatic rings. The van der Waals surface area contributed by atoms with Gasteiger partial charge >= 0.3 is 0 Å². The summed E-state index contributed by atoms with van der Waals surface area (Å²) in [4.78, 5) is 13.3. The molecule has 8 nitrogen and oxygen atoms in total. The first kappa shape index (κ1) is 20.8. The molecule has 2 N–H and O–H groups in total. The van der Waals surface area contributed by atoms with E-state index in [1.54, 1.807) is 12.3 Å². The molecule has 34 heavy (non-hydrogen) atoms. The lowest BCUT2D eigenvalue weighted by atomic mass is 9.66. The molecule has 0 saturated heterocycles. The van der Waals surface area contributed by atoms with Gasteiger partial charge in [-0.15, -0.1) is 5.10 Å². The van der Waals surface area contributed by atoms with Crippen molar-refractivity contribution in [1.29, 1.82) is 0 Å². The van der Waals surface area contributed by atoms with Crippen LogP contribution in [0.1, 0.15) is 55.4 Å². The van der Waals surface area contributed by atoms with Gasteiger partial charge in [0.15, 0.2) is 0 Å². The van der Waals surface area contributed by atoms with Crippen LogP contribution in [-0.4, -0.2) is 35.3 Å². The molecule has 1 fully saturated rings. The first-order chi connectivity index (χ1) is 16.4. The van der Waals surface area contributed by atoms with Crippen LogP contribution in [0.4, 0.5) is 14.7 Å². The topological polar surface area (TPSA) is 105 Å². The summed E-state index contributed by atoms with van der Waals surface area (Å²) in [7, 11) is 0. The molecular weight excluding hydrogens is 438 g/mol. The summed E-state index contributed by atoms with van der Waals surface area (Å²) in [5.41, 5.74) is 2.05. The van der Waals surface area contributed by atoms with E-state index >= 15 is 0 Å². The van der Waals surface area contributed by atoms with E-state index in [1.165, 1.54) is 24.5 Å². The quantitative estimate of drug-likeness (QED) is 0.461. The zero-order chi connectivity index (χ0) is 23.5. The van der Waals surface area contributed by atoms with Crippen LogP contribution in [0.3, 0.4) is 0 Å². The van der Waals surface area contributed by atoms with Crippen molar-refractivity contribution >= 4 is 5.95 Å². The van der Waals surface area contributed by atoms with E-state index in [4.69, 9.17) is 4.98 Å². The zero-order valence-corrected chi connectivity index (χ0v) is 18.7. The molecule has 172 valence electrons.